The molecule has 3 aromatic rings. The second-order valence-electron chi connectivity index (χ2n) is 5.86. The molecule has 5 heteroatoms. The van der Waals surface area contributed by atoms with Crippen LogP contribution in [0.25, 0.3) is 0 Å². The summed E-state index contributed by atoms with van der Waals surface area (Å²) >= 11 is 0. The number of ether oxygens (including phenoxy) is 1. The number of hydrogen-bond acceptors (Lipinski definition) is 4. The highest BCUT2D eigenvalue weighted by Gasteiger charge is 2.10. The van der Waals surface area contributed by atoms with Crippen molar-refractivity contribution in [2.75, 3.05) is 0 Å². The van der Waals surface area contributed by atoms with E-state index < -0.39 is 5.97 Å². The smallest absolute Gasteiger partial charge is 0.343 e. The molecule has 5 nitrogen and oxygen atoms in total. The molecule has 0 fully saturated rings. The summed E-state index contributed by atoms with van der Waals surface area (Å²) in [6.07, 6.45) is 1.45. The van der Waals surface area contributed by atoms with Crippen molar-refractivity contribution >= 4 is 18.1 Å². The topological polar surface area (TPSA) is 67.8 Å². The number of carbonyl (C=O) groups is 2. The molecule has 0 aliphatic carbocycles. The van der Waals surface area contributed by atoms with Crippen molar-refractivity contribution in [1.82, 2.24) is 5.43 Å². The van der Waals surface area contributed by atoms with Gasteiger partial charge in [-0.2, -0.15) is 5.10 Å². The molecule has 1 amide bonds. The molecule has 0 aliphatic heterocycles. The molecule has 3 rings (SSSR count). The van der Waals surface area contributed by atoms with E-state index >= 15 is 0 Å². The summed E-state index contributed by atoms with van der Waals surface area (Å²) in [4.78, 5) is 24.4. The van der Waals surface area contributed by atoms with Gasteiger partial charge in [0.1, 0.15) is 5.75 Å². The van der Waals surface area contributed by atoms with Crippen LogP contribution in [0.4, 0.5) is 0 Å². The molecule has 0 aromatic heterocycles. The summed E-state index contributed by atoms with van der Waals surface area (Å²) in [7, 11) is 0. The van der Waals surface area contributed by atoms with Gasteiger partial charge in [0.2, 0.25) is 0 Å². The van der Waals surface area contributed by atoms with Gasteiger partial charge in [0.05, 0.1) is 11.8 Å². The molecule has 0 heterocycles. The first kappa shape index (κ1) is 18.1. The number of aryl methyl sites for hydroxylation is 1. The number of amides is 1. The molecule has 3 aromatic carbocycles. The van der Waals surface area contributed by atoms with Crippen molar-refractivity contribution in [2.45, 2.75) is 6.92 Å². The largest absolute Gasteiger partial charge is 0.422 e. The Kier molecular flexibility index (Phi) is 5.74. The van der Waals surface area contributed by atoms with E-state index in [4.69, 9.17) is 4.74 Å². The highest BCUT2D eigenvalue weighted by molar-refractivity contribution is 5.96. The van der Waals surface area contributed by atoms with Gasteiger partial charge in [0.15, 0.2) is 0 Å². The third-order valence-corrected chi connectivity index (χ3v) is 3.78. The third kappa shape index (κ3) is 4.89. The molecular formula is C22H18N2O3. The quantitative estimate of drug-likeness (QED) is 0.325. The molecule has 0 spiro atoms. The first-order chi connectivity index (χ1) is 13.1. The van der Waals surface area contributed by atoms with E-state index in [-0.39, 0.29) is 5.91 Å². The second kappa shape index (κ2) is 8.58. The summed E-state index contributed by atoms with van der Waals surface area (Å²) in [5, 5.41) is 3.97. The minimum Gasteiger partial charge on any atom is -0.422 e. The predicted molar refractivity (Wildman–Crippen MR) is 104 cm³/mol. The minimum absolute atomic E-state index is 0.311. The number of benzene rings is 3. The summed E-state index contributed by atoms with van der Waals surface area (Å²) in [5.41, 5.74) is 5.02. The van der Waals surface area contributed by atoms with Crippen LogP contribution < -0.4 is 10.2 Å². The molecule has 0 radical (unpaired) electrons. The van der Waals surface area contributed by atoms with Crippen LogP contribution in [0.1, 0.15) is 31.8 Å². The zero-order valence-electron chi connectivity index (χ0n) is 14.8. The van der Waals surface area contributed by atoms with Crippen LogP contribution in [0.2, 0.25) is 0 Å². The van der Waals surface area contributed by atoms with E-state index in [0.717, 1.165) is 5.56 Å². The fraction of sp³-hybridized carbons (Fsp3) is 0.0455. The number of hydrogen-bond donors (Lipinski definition) is 1. The Labute approximate surface area is 157 Å². The molecule has 0 bridgehead atoms. The lowest BCUT2D eigenvalue weighted by molar-refractivity contribution is 0.0734. The normalized spacial score (nSPS) is 10.6. The van der Waals surface area contributed by atoms with Gasteiger partial charge in [-0.3, -0.25) is 4.79 Å². The summed E-state index contributed by atoms with van der Waals surface area (Å²) < 4.78 is 5.45. The van der Waals surface area contributed by atoms with Crippen LogP contribution in [0.15, 0.2) is 84.0 Å². The number of carbonyl (C=O) groups excluding carboxylic acids is 2. The van der Waals surface area contributed by atoms with E-state index in [9.17, 15) is 9.59 Å². The maximum atomic E-state index is 12.2. The fourth-order valence-corrected chi connectivity index (χ4v) is 2.42. The Morgan fingerprint density at radius 3 is 2.37 bits per heavy atom. The Hall–Kier alpha value is -3.73. The molecule has 0 aliphatic rings. The average molecular weight is 358 g/mol. The predicted octanol–water partition coefficient (Wildman–Crippen LogP) is 3.98. The van der Waals surface area contributed by atoms with Crippen molar-refractivity contribution < 1.29 is 14.3 Å². The summed E-state index contributed by atoms with van der Waals surface area (Å²) in [6.45, 7) is 1.91. The molecule has 0 unspecified atom stereocenters. The maximum absolute atomic E-state index is 12.2. The number of nitrogens with one attached hydrogen (secondary N) is 1. The molecule has 0 saturated carbocycles. The summed E-state index contributed by atoms with van der Waals surface area (Å²) in [6, 6.07) is 22.9. The molecule has 1 N–H and O–H groups in total. The summed E-state index contributed by atoms with van der Waals surface area (Å²) in [5.74, 6) is -0.408. The van der Waals surface area contributed by atoms with Gasteiger partial charge in [-0.15, -0.1) is 0 Å². The van der Waals surface area contributed by atoms with Crippen LogP contribution in [-0.4, -0.2) is 18.1 Å². The minimum atomic E-state index is -0.458. The zero-order chi connectivity index (χ0) is 19.1. The zero-order valence-corrected chi connectivity index (χ0v) is 14.8. The lowest BCUT2D eigenvalue weighted by atomic mass is 10.1. The van der Waals surface area contributed by atoms with E-state index in [1.54, 1.807) is 60.7 Å². The lowest BCUT2D eigenvalue weighted by Gasteiger charge is -2.07. The molecule has 0 saturated heterocycles. The number of nitrogens with zero attached hydrogens (tertiary/aromatic N) is 1. The number of hydrazone groups is 1. The van der Waals surface area contributed by atoms with Crippen molar-refractivity contribution in [2.24, 2.45) is 5.10 Å². The first-order valence-electron chi connectivity index (χ1n) is 8.40. The number of rotatable bonds is 5. The number of esters is 1. The Bertz CT molecular complexity index is 982. The van der Waals surface area contributed by atoms with Crippen molar-refractivity contribution in [3.8, 4) is 5.75 Å². The highest BCUT2D eigenvalue weighted by Crippen LogP contribution is 2.17. The van der Waals surface area contributed by atoms with Crippen LogP contribution in [0.5, 0.6) is 5.75 Å². The monoisotopic (exact) mass is 358 g/mol. The van der Waals surface area contributed by atoms with Gasteiger partial charge in [0, 0.05) is 11.1 Å². The fourth-order valence-electron chi connectivity index (χ4n) is 2.42. The Balaban J connectivity index is 1.69. The van der Waals surface area contributed by atoms with Crippen LogP contribution in [-0.2, 0) is 0 Å². The molecule has 0 atom stereocenters. The average Bonchev–Trinajstić information content (AvgIpc) is 2.70. The molecule has 134 valence electrons. The second-order valence-corrected chi connectivity index (χ2v) is 5.86. The van der Waals surface area contributed by atoms with Gasteiger partial charge < -0.3 is 4.74 Å². The van der Waals surface area contributed by atoms with Crippen LogP contribution >= 0.6 is 0 Å². The van der Waals surface area contributed by atoms with Gasteiger partial charge in [-0.05, 0) is 43.3 Å². The van der Waals surface area contributed by atoms with Gasteiger partial charge in [-0.1, -0.05) is 48.0 Å². The maximum Gasteiger partial charge on any atom is 0.343 e. The van der Waals surface area contributed by atoms with Gasteiger partial charge in [-0.25, -0.2) is 10.2 Å². The highest BCUT2D eigenvalue weighted by atomic mass is 16.5. The number of para-hydroxylation sites is 1. The Morgan fingerprint density at radius 1 is 0.889 bits per heavy atom. The van der Waals surface area contributed by atoms with Crippen molar-refractivity contribution in [3.05, 3.63) is 101 Å². The van der Waals surface area contributed by atoms with Gasteiger partial charge in [0.25, 0.3) is 5.91 Å². The van der Waals surface area contributed by atoms with Crippen LogP contribution in [0, 0.1) is 6.92 Å². The standard InChI is InChI=1S/C22H18N2O3/c1-16-8-7-12-18(14-16)21(25)24-23-15-19-11-5-6-13-20(19)27-22(26)17-9-3-2-4-10-17/h2-15H,1H3,(H,24,25)/b23-15-. The molecular weight excluding hydrogens is 340 g/mol. The first-order valence-corrected chi connectivity index (χ1v) is 8.40. The molecule has 27 heavy (non-hydrogen) atoms. The van der Waals surface area contributed by atoms with E-state index in [2.05, 4.69) is 10.5 Å². The lowest BCUT2D eigenvalue weighted by Crippen LogP contribution is -2.17. The van der Waals surface area contributed by atoms with Crippen LogP contribution in [0.3, 0.4) is 0 Å². The van der Waals surface area contributed by atoms with E-state index in [1.807, 2.05) is 25.1 Å². The van der Waals surface area contributed by atoms with Crippen molar-refractivity contribution in [1.29, 1.82) is 0 Å². The van der Waals surface area contributed by atoms with Gasteiger partial charge >= 0.3 is 5.97 Å². The van der Waals surface area contributed by atoms with E-state index in [1.165, 1.54) is 6.21 Å². The van der Waals surface area contributed by atoms with Crippen molar-refractivity contribution in [3.63, 3.8) is 0 Å². The SMILES string of the molecule is Cc1cccc(C(=O)N/N=C\c2ccccc2OC(=O)c2ccccc2)c1. The van der Waals surface area contributed by atoms with E-state index in [0.29, 0.717) is 22.4 Å². The third-order valence-electron chi connectivity index (χ3n) is 3.78. The Morgan fingerprint density at radius 2 is 1.59 bits per heavy atom.